The SMILES string of the molecule is COCCC(NC(=O)OCC1c2ccccc2-c2ccccc21)C(=O)N1CCOCC1CC(=O)O. The molecule has 1 fully saturated rings. The summed E-state index contributed by atoms with van der Waals surface area (Å²) in [6, 6.07) is 14.6. The second-order valence-corrected chi connectivity index (χ2v) is 8.66. The van der Waals surface area contributed by atoms with Crippen molar-refractivity contribution in [3.63, 3.8) is 0 Å². The molecule has 2 aliphatic rings. The summed E-state index contributed by atoms with van der Waals surface area (Å²) in [6.07, 6.45) is -0.700. The van der Waals surface area contributed by atoms with Crippen molar-refractivity contribution in [2.45, 2.75) is 30.8 Å². The van der Waals surface area contributed by atoms with Crippen LogP contribution in [0.15, 0.2) is 48.5 Å². The standard InChI is InChI=1S/C26H30N2O7/c1-33-12-10-23(25(31)28-11-13-34-15-17(28)14-24(29)30)27-26(32)35-16-22-20-8-4-2-6-18(20)19-7-3-5-9-21(19)22/h2-9,17,22-23H,10-16H2,1H3,(H,27,32)(H,29,30). The highest BCUT2D eigenvalue weighted by molar-refractivity contribution is 5.86. The predicted molar refractivity (Wildman–Crippen MR) is 127 cm³/mol. The number of methoxy groups -OCH3 is 1. The molecule has 35 heavy (non-hydrogen) atoms. The molecule has 4 rings (SSSR count). The van der Waals surface area contributed by atoms with Gasteiger partial charge in [-0.1, -0.05) is 48.5 Å². The lowest BCUT2D eigenvalue weighted by atomic mass is 9.98. The second-order valence-electron chi connectivity index (χ2n) is 8.66. The molecule has 2 unspecified atom stereocenters. The lowest BCUT2D eigenvalue weighted by molar-refractivity contribution is -0.147. The Morgan fingerprint density at radius 1 is 1.11 bits per heavy atom. The zero-order chi connectivity index (χ0) is 24.8. The average Bonchev–Trinajstić information content (AvgIpc) is 3.18. The number of fused-ring (bicyclic) bond motifs is 3. The fourth-order valence-corrected chi connectivity index (χ4v) is 4.79. The summed E-state index contributed by atoms with van der Waals surface area (Å²) in [5, 5.41) is 11.9. The fraction of sp³-hybridized carbons (Fsp3) is 0.423. The number of hydrogen-bond donors (Lipinski definition) is 2. The van der Waals surface area contributed by atoms with Crippen molar-refractivity contribution in [1.29, 1.82) is 0 Å². The van der Waals surface area contributed by atoms with Gasteiger partial charge in [-0.3, -0.25) is 9.59 Å². The highest BCUT2D eigenvalue weighted by atomic mass is 16.5. The Balaban J connectivity index is 1.43. The third kappa shape index (κ3) is 5.63. The number of morpholine rings is 1. The summed E-state index contributed by atoms with van der Waals surface area (Å²) < 4.78 is 16.1. The number of alkyl carbamates (subject to hydrolysis) is 1. The molecule has 2 atom stereocenters. The van der Waals surface area contributed by atoms with Crippen molar-refractivity contribution >= 4 is 18.0 Å². The first-order chi connectivity index (χ1) is 17.0. The first-order valence-corrected chi connectivity index (χ1v) is 11.7. The Morgan fingerprint density at radius 2 is 1.77 bits per heavy atom. The molecular formula is C26H30N2O7. The molecule has 1 aliphatic heterocycles. The molecule has 0 radical (unpaired) electrons. The van der Waals surface area contributed by atoms with E-state index in [0.717, 1.165) is 22.3 Å². The number of aliphatic carboxylic acids is 1. The first kappa shape index (κ1) is 24.7. The number of nitrogens with one attached hydrogen (secondary N) is 1. The summed E-state index contributed by atoms with van der Waals surface area (Å²) in [7, 11) is 1.51. The van der Waals surface area contributed by atoms with Crippen LogP contribution in [0.4, 0.5) is 4.79 Å². The molecule has 2 aromatic rings. The lowest BCUT2D eigenvalue weighted by Crippen LogP contribution is -2.56. The van der Waals surface area contributed by atoms with Crippen molar-refractivity contribution in [1.82, 2.24) is 10.2 Å². The molecule has 186 valence electrons. The average molecular weight is 483 g/mol. The van der Waals surface area contributed by atoms with Crippen molar-refractivity contribution in [3.05, 3.63) is 59.7 Å². The van der Waals surface area contributed by atoms with Crippen LogP contribution in [0.2, 0.25) is 0 Å². The van der Waals surface area contributed by atoms with Gasteiger partial charge >= 0.3 is 12.1 Å². The van der Waals surface area contributed by atoms with Gasteiger partial charge in [0, 0.05) is 32.6 Å². The second kappa shape index (κ2) is 11.3. The Hall–Kier alpha value is -3.43. The number of nitrogens with zero attached hydrogens (tertiary/aromatic N) is 1. The molecule has 0 bridgehead atoms. The number of rotatable bonds is 9. The largest absolute Gasteiger partial charge is 0.481 e. The van der Waals surface area contributed by atoms with Crippen molar-refractivity contribution in [2.75, 3.05) is 40.1 Å². The summed E-state index contributed by atoms with van der Waals surface area (Å²) in [5.41, 5.74) is 4.45. The molecule has 1 aliphatic carbocycles. The summed E-state index contributed by atoms with van der Waals surface area (Å²) in [4.78, 5) is 38.8. The van der Waals surface area contributed by atoms with Gasteiger partial charge in [0.1, 0.15) is 12.6 Å². The monoisotopic (exact) mass is 482 g/mol. The van der Waals surface area contributed by atoms with Gasteiger partial charge in [0.25, 0.3) is 0 Å². The molecular weight excluding hydrogens is 452 g/mol. The summed E-state index contributed by atoms with van der Waals surface area (Å²) in [5.74, 6) is -1.48. The van der Waals surface area contributed by atoms with Crippen LogP contribution >= 0.6 is 0 Å². The van der Waals surface area contributed by atoms with Crippen LogP contribution in [0.5, 0.6) is 0 Å². The smallest absolute Gasteiger partial charge is 0.407 e. The highest BCUT2D eigenvalue weighted by Gasteiger charge is 2.35. The van der Waals surface area contributed by atoms with Crippen LogP contribution in [-0.2, 0) is 23.8 Å². The molecule has 0 aromatic heterocycles. The minimum Gasteiger partial charge on any atom is -0.481 e. The Kier molecular flexibility index (Phi) is 7.99. The van der Waals surface area contributed by atoms with E-state index in [9.17, 15) is 19.5 Å². The topological polar surface area (TPSA) is 114 Å². The summed E-state index contributed by atoms with van der Waals surface area (Å²) >= 11 is 0. The van der Waals surface area contributed by atoms with E-state index in [-0.39, 0.29) is 51.0 Å². The number of amides is 2. The van der Waals surface area contributed by atoms with E-state index in [1.165, 1.54) is 12.0 Å². The lowest BCUT2D eigenvalue weighted by Gasteiger charge is -2.37. The Morgan fingerprint density at radius 3 is 2.40 bits per heavy atom. The number of ether oxygens (including phenoxy) is 3. The number of carboxylic acids is 1. The Bertz CT molecular complexity index is 1030. The van der Waals surface area contributed by atoms with E-state index < -0.39 is 24.1 Å². The zero-order valence-corrected chi connectivity index (χ0v) is 19.6. The van der Waals surface area contributed by atoms with Gasteiger partial charge in [0.15, 0.2) is 0 Å². The maximum absolute atomic E-state index is 13.3. The van der Waals surface area contributed by atoms with E-state index in [4.69, 9.17) is 14.2 Å². The van der Waals surface area contributed by atoms with E-state index >= 15 is 0 Å². The highest BCUT2D eigenvalue weighted by Crippen LogP contribution is 2.44. The van der Waals surface area contributed by atoms with Gasteiger partial charge in [-0.25, -0.2) is 4.79 Å². The third-order valence-corrected chi connectivity index (χ3v) is 6.47. The van der Waals surface area contributed by atoms with Gasteiger partial charge in [-0.15, -0.1) is 0 Å². The maximum atomic E-state index is 13.3. The zero-order valence-electron chi connectivity index (χ0n) is 19.6. The number of carbonyl (C=O) groups excluding carboxylic acids is 2. The molecule has 2 aromatic carbocycles. The third-order valence-electron chi connectivity index (χ3n) is 6.47. The van der Waals surface area contributed by atoms with Crippen molar-refractivity contribution in [3.8, 4) is 11.1 Å². The van der Waals surface area contributed by atoms with Gasteiger partial charge in [-0.2, -0.15) is 0 Å². The predicted octanol–water partition coefficient (Wildman–Crippen LogP) is 2.63. The number of carbonyl (C=O) groups is 3. The fourth-order valence-electron chi connectivity index (χ4n) is 4.79. The van der Waals surface area contributed by atoms with Gasteiger partial charge < -0.3 is 29.5 Å². The van der Waals surface area contributed by atoms with Crippen LogP contribution in [0, 0.1) is 0 Å². The van der Waals surface area contributed by atoms with E-state index in [2.05, 4.69) is 17.4 Å². The molecule has 0 saturated carbocycles. The van der Waals surface area contributed by atoms with Crippen molar-refractivity contribution < 1.29 is 33.7 Å². The normalized spacial score (nSPS) is 17.9. The van der Waals surface area contributed by atoms with Crippen LogP contribution in [0.25, 0.3) is 11.1 Å². The molecule has 0 spiro atoms. The quantitative estimate of drug-likeness (QED) is 0.565. The first-order valence-electron chi connectivity index (χ1n) is 11.7. The molecule has 9 nitrogen and oxygen atoms in total. The molecule has 2 amide bonds. The minimum atomic E-state index is -1.02. The van der Waals surface area contributed by atoms with Crippen LogP contribution in [0.3, 0.4) is 0 Å². The number of benzene rings is 2. The molecule has 9 heteroatoms. The molecule has 2 N–H and O–H groups in total. The van der Waals surface area contributed by atoms with Crippen LogP contribution in [-0.4, -0.2) is 80.1 Å². The van der Waals surface area contributed by atoms with Crippen LogP contribution in [0.1, 0.15) is 29.9 Å². The van der Waals surface area contributed by atoms with E-state index in [1.54, 1.807) is 0 Å². The van der Waals surface area contributed by atoms with Crippen molar-refractivity contribution in [2.24, 2.45) is 0 Å². The van der Waals surface area contributed by atoms with Crippen LogP contribution < -0.4 is 5.32 Å². The molecule has 1 saturated heterocycles. The van der Waals surface area contributed by atoms with E-state index in [1.807, 2.05) is 36.4 Å². The van der Waals surface area contributed by atoms with Gasteiger partial charge in [0.2, 0.25) is 5.91 Å². The van der Waals surface area contributed by atoms with Gasteiger partial charge in [-0.05, 0) is 22.3 Å². The molecule has 1 heterocycles. The number of carboxylic acid groups (broad SMARTS) is 1. The van der Waals surface area contributed by atoms with Gasteiger partial charge in [0.05, 0.1) is 25.7 Å². The Labute approximate surface area is 204 Å². The number of hydrogen-bond acceptors (Lipinski definition) is 6. The minimum absolute atomic E-state index is 0.0968. The maximum Gasteiger partial charge on any atom is 0.407 e. The summed E-state index contributed by atoms with van der Waals surface area (Å²) in [6.45, 7) is 1.08. The van der Waals surface area contributed by atoms with E-state index in [0.29, 0.717) is 6.61 Å².